The Kier molecular flexibility index (Phi) is 3.51. The second-order valence-corrected chi connectivity index (χ2v) is 3.22. The Morgan fingerprint density at radius 3 is 2.20 bits per heavy atom. The van der Waals surface area contributed by atoms with Crippen LogP contribution in [0.2, 0.25) is 10.3 Å². The molecule has 1 rings (SSSR count). The lowest BCUT2D eigenvalue weighted by Gasteiger charge is -2.12. The number of alkyl halides is 3. The number of rotatable bonds is 2. The van der Waals surface area contributed by atoms with E-state index in [9.17, 15) is 18.0 Å². The summed E-state index contributed by atoms with van der Waals surface area (Å²) in [7, 11) is 0. The minimum Gasteiger partial charge on any atom is -0.303 e. The van der Waals surface area contributed by atoms with Gasteiger partial charge in [0, 0.05) is 12.0 Å². The summed E-state index contributed by atoms with van der Waals surface area (Å²) in [5.74, 6) is 0. The summed E-state index contributed by atoms with van der Waals surface area (Å²) in [6, 6.07) is 0. The van der Waals surface area contributed by atoms with Gasteiger partial charge >= 0.3 is 6.18 Å². The molecule has 1 heterocycles. The highest BCUT2D eigenvalue weighted by molar-refractivity contribution is 6.32. The van der Waals surface area contributed by atoms with Gasteiger partial charge < -0.3 is 4.79 Å². The summed E-state index contributed by atoms with van der Waals surface area (Å²) in [6.45, 7) is 0. The fourth-order valence-electron chi connectivity index (χ4n) is 0.983. The normalized spacial score (nSPS) is 11.5. The van der Waals surface area contributed by atoms with Gasteiger partial charge in [-0.05, 0) is 0 Å². The van der Waals surface area contributed by atoms with Gasteiger partial charge in [-0.2, -0.15) is 13.2 Å². The van der Waals surface area contributed by atoms with Crippen molar-refractivity contribution >= 4 is 29.5 Å². The number of nitrogens with zero attached hydrogens (tertiary/aromatic N) is 2. The molecular weight excluding hydrogens is 256 g/mol. The Balaban J connectivity index is 3.44. The van der Waals surface area contributed by atoms with Gasteiger partial charge in [0.1, 0.15) is 11.8 Å². The molecule has 0 unspecified atom stereocenters. The van der Waals surface area contributed by atoms with Crippen molar-refractivity contribution in [3.63, 3.8) is 0 Å². The van der Waals surface area contributed by atoms with Crippen molar-refractivity contribution in [2.45, 2.75) is 12.6 Å². The van der Waals surface area contributed by atoms with Gasteiger partial charge in [-0.25, -0.2) is 0 Å². The van der Waals surface area contributed by atoms with Crippen molar-refractivity contribution in [3.8, 4) is 0 Å². The third-order valence-corrected chi connectivity index (χ3v) is 2.12. The van der Waals surface area contributed by atoms with Crippen LogP contribution in [0.15, 0.2) is 0 Å². The zero-order valence-corrected chi connectivity index (χ0v) is 8.49. The first-order chi connectivity index (χ1) is 6.88. The predicted octanol–water partition coefficient (Wildman–Crippen LogP) is 2.54. The van der Waals surface area contributed by atoms with Crippen LogP contribution in [-0.2, 0) is 17.4 Å². The highest BCUT2D eigenvalue weighted by Crippen LogP contribution is 2.37. The Bertz CT molecular complexity index is 395. The zero-order valence-electron chi connectivity index (χ0n) is 6.98. The largest absolute Gasteiger partial charge is 0.419 e. The average Bonchev–Trinajstić information content (AvgIpc) is 2.09. The molecule has 82 valence electrons. The Hall–Kier alpha value is -0.880. The standard InChI is InChI=1S/C7H3Cl2F3N2O/c8-5-3(1-2-15)4(7(10,11)12)6(9)14-13-5/h2H,1H2. The molecule has 3 nitrogen and oxygen atoms in total. The maximum atomic E-state index is 12.5. The first-order valence-corrected chi connectivity index (χ1v) is 4.35. The molecule has 1 aromatic rings. The number of aldehydes is 1. The molecule has 0 aliphatic heterocycles. The predicted molar refractivity (Wildman–Crippen MR) is 46.8 cm³/mol. The van der Waals surface area contributed by atoms with E-state index in [1.807, 2.05) is 0 Å². The lowest BCUT2D eigenvalue weighted by Crippen LogP contribution is -2.13. The van der Waals surface area contributed by atoms with Crippen molar-refractivity contribution < 1.29 is 18.0 Å². The smallest absolute Gasteiger partial charge is 0.303 e. The van der Waals surface area contributed by atoms with Crippen LogP contribution in [0.25, 0.3) is 0 Å². The van der Waals surface area contributed by atoms with Crippen LogP contribution in [0.4, 0.5) is 13.2 Å². The SMILES string of the molecule is O=CCc1c(Cl)nnc(Cl)c1C(F)(F)F. The van der Waals surface area contributed by atoms with Gasteiger partial charge in [0.05, 0.1) is 0 Å². The van der Waals surface area contributed by atoms with Crippen LogP contribution < -0.4 is 0 Å². The highest BCUT2D eigenvalue weighted by atomic mass is 35.5. The summed E-state index contributed by atoms with van der Waals surface area (Å²) in [4.78, 5) is 10.2. The minimum absolute atomic E-state index is 0.286. The van der Waals surface area contributed by atoms with Crippen LogP contribution in [0, 0.1) is 0 Å². The van der Waals surface area contributed by atoms with E-state index in [4.69, 9.17) is 23.2 Å². The second-order valence-electron chi connectivity index (χ2n) is 2.50. The molecule has 0 radical (unpaired) electrons. The van der Waals surface area contributed by atoms with E-state index in [-0.39, 0.29) is 6.29 Å². The number of hydrogen-bond acceptors (Lipinski definition) is 3. The number of halogens is 5. The molecule has 0 aliphatic carbocycles. The van der Waals surface area contributed by atoms with E-state index in [1.165, 1.54) is 0 Å². The first-order valence-electron chi connectivity index (χ1n) is 3.59. The molecule has 0 bridgehead atoms. The maximum absolute atomic E-state index is 12.5. The summed E-state index contributed by atoms with van der Waals surface area (Å²) in [5.41, 5.74) is -1.67. The van der Waals surface area contributed by atoms with Gasteiger partial charge in [0.15, 0.2) is 10.3 Å². The van der Waals surface area contributed by atoms with Gasteiger partial charge in [0.2, 0.25) is 0 Å². The van der Waals surface area contributed by atoms with Gasteiger partial charge in [-0.15, -0.1) is 10.2 Å². The monoisotopic (exact) mass is 258 g/mol. The molecule has 0 saturated heterocycles. The lowest BCUT2D eigenvalue weighted by atomic mass is 10.1. The number of hydrogen-bond donors (Lipinski definition) is 0. The van der Waals surface area contributed by atoms with Crippen LogP contribution in [0.3, 0.4) is 0 Å². The van der Waals surface area contributed by atoms with E-state index in [2.05, 4.69) is 10.2 Å². The van der Waals surface area contributed by atoms with E-state index in [0.717, 1.165) is 0 Å². The van der Waals surface area contributed by atoms with Crippen molar-refractivity contribution in [2.75, 3.05) is 0 Å². The van der Waals surface area contributed by atoms with E-state index < -0.39 is 34.0 Å². The zero-order chi connectivity index (χ0) is 11.6. The molecular formula is C7H3Cl2F3N2O. The van der Waals surface area contributed by atoms with Gasteiger partial charge in [-0.3, -0.25) is 0 Å². The molecule has 8 heteroatoms. The highest BCUT2D eigenvalue weighted by Gasteiger charge is 2.38. The third-order valence-electron chi connectivity index (χ3n) is 1.55. The number of carbonyl (C=O) groups is 1. The van der Waals surface area contributed by atoms with Gasteiger partial charge in [0.25, 0.3) is 0 Å². The molecule has 0 spiro atoms. The molecule has 0 N–H and O–H groups in total. The molecule has 0 aliphatic rings. The molecule has 1 aromatic heterocycles. The Morgan fingerprint density at radius 2 is 1.73 bits per heavy atom. The summed E-state index contributed by atoms with van der Waals surface area (Å²) in [5, 5.41) is 4.94. The van der Waals surface area contributed by atoms with Crippen LogP contribution in [-0.4, -0.2) is 16.5 Å². The second kappa shape index (κ2) is 4.32. The number of carbonyl (C=O) groups excluding carboxylic acids is 1. The minimum atomic E-state index is -4.71. The number of aromatic nitrogens is 2. The molecule has 0 saturated carbocycles. The van der Waals surface area contributed by atoms with Crippen molar-refractivity contribution in [2.24, 2.45) is 0 Å². The Morgan fingerprint density at radius 1 is 1.20 bits per heavy atom. The fraction of sp³-hybridized carbons (Fsp3) is 0.286. The van der Waals surface area contributed by atoms with Crippen molar-refractivity contribution in [3.05, 3.63) is 21.4 Å². The lowest BCUT2D eigenvalue weighted by molar-refractivity contribution is -0.138. The third kappa shape index (κ3) is 2.57. The van der Waals surface area contributed by atoms with E-state index >= 15 is 0 Å². The van der Waals surface area contributed by atoms with E-state index in [0.29, 0.717) is 0 Å². The van der Waals surface area contributed by atoms with Crippen LogP contribution in [0.5, 0.6) is 0 Å². The summed E-state index contributed by atoms with van der Waals surface area (Å²) >= 11 is 10.6. The quantitative estimate of drug-likeness (QED) is 0.766. The van der Waals surface area contributed by atoms with Gasteiger partial charge in [-0.1, -0.05) is 23.2 Å². The van der Waals surface area contributed by atoms with E-state index in [1.54, 1.807) is 0 Å². The molecule has 0 fully saturated rings. The molecule has 15 heavy (non-hydrogen) atoms. The van der Waals surface area contributed by atoms with Crippen molar-refractivity contribution in [1.29, 1.82) is 0 Å². The topological polar surface area (TPSA) is 42.9 Å². The maximum Gasteiger partial charge on any atom is 0.419 e. The molecule has 0 atom stereocenters. The summed E-state index contributed by atoms with van der Waals surface area (Å²) in [6.07, 6.45) is -4.94. The Labute approximate surface area is 92.2 Å². The molecule has 0 amide bonds. The molecule has 0 aromatic carbocycles. The summed E-state index contributed by atoms with van der Waals surface area (Å²) < 4.78 is 37.5. The van der Waals surface area contributed by atoms with Crippen LogP contribution >= 0.6 is 23.2 Å². The van der Waals surface area contributed by atoms with Crippen molar-refractivity contribution in [1.82, 2.24) is 10.2 Å². The first kappa shape index (κ1) is 12.2. The average molecular weight is 259 g/mol. The van der Waals surface area contributed by atoms with Crippen LogP contribution in [0.1, 0.15) is 11.1 Å². The fourth-order valence-corrected chi connectivity index (χ4v) is 1.45.